The maximum atomic E-state index is 12.8. The van der Waals surface area contributed by atoms with Crippen LogP contribution in [-0.4, -0.2) is 41.7 Å². The molecule has 1 heterocycles. The third-order valence-electron chi connectivity index (χ3n) is 5.99. The van der Waals surface area contributed by atoms with Crippen LogP contribution in [0.25, 0.3) is 10.4 Å². The number of rotatable bonds is 10. The van der Waals surface area contributed by atoms with Crippen LogP contribution >= 0.6 is 11.3 Å². The number of alkyl carbamates (subject to hydrolysis) is 1. The van der Waals surface area contributed by atoms with Crippen LogP contribution in [0.3, 0.4) is 0 Å². The highest BCUT2D eigenvalue weighted by Gasteiger charge is 2.28. The van der Waals surface area contributed by atoms with Gasteiger partial charge in [0.1, 0.15) is 22.7 Å². The molecule has 1 atom stereocenters. The molecule has 0 radical (unpaired) electrons. The fourth-order valence-electron chi connectivity index (χ4n) is 4.22. The number of amides is 4. The SMILES string of the molecule is CC(C)(C)OC(=O)N[C@@H](CCCc1ccc(-c2cc(C(N)=O)c(NC(N)=O)s2)cc1)C(=O)OC1CCCC1. The van der Waals surface area contributed by atoms with Crippen LogP contribution in [0.2, 0.25) is 0 Å². The van der Waals surface area contributed by atoms with Crippen LogP contribution in [0, 0.1) is 0 Å². The van der Waals surface area contributed by atoms with Crippen molar-refractivity contribution in [2.24, 2.45) is 11.5 Å². The summed E-state index contributed by atoms with van der Waals surface area (Å²) in [6.45, 7) is 5.30. The van der Waals surface area contributed by atoms with E-state index in [1.165, 1.54) is 11.3 Å². The van der Waals surface area contributed by atoms with E-state index < -0.39 is 35.6 Å². The van der Waals surface area contributed by atoms with E-state index in [0.717, 1.165) is 41.7 Å². The van der Waals surface area contributed by atoms with Gasteiger partial charge in [0.25, 0.3) is 5.91 Å². The van der Waals surface area contributed by atoms with Gasteiger partial charge in [-0.1, -0.05) is 24.3 Å². The summed E-state index contributed by atoms with van der Waals surface area (Å²) in [5.41, 5.74) is 12.0. The molecule has 6 N–H and O–H groups in total. The van der Waals surface area contributed by atoms with Crippen molar-refractivity contribution in [2.45, 2.75) is 83.5 Å². The molecule has 0 unspecified atom stereocenters. The summed E-state index contributed by atoms with van der Waals surface area (Å²) in [5.74, 6) is -1.09. The number of esters is 1. The number of hydrogen-bond acceptors (Lipinski definition) is 7. The molecule has 0 aliphatic heterocycles. The van der Waals surface area contributed by atoms with Gasteiger partial charge in [-0.3, -0.25) is 10.1 Å². The number of ether oxygens (including phenoxy) is 2. The summed E-state index contributed by atoms with van der Waals surface area (Å²) in [6.07, 6.45) is 4.75. The van der Waals surface area contributed by atoms with Crippen molar-refractivity contribution < 1.29 is 28.7 Å². The first-order valence-electron chi connectivity index (χ1n) is 12.7. The van der Waals surface area contributed by atoms with Crippen molar-refractivity contribution in [1.82, 2.24) is 5.32 Å². The predicted octanol–water partition coefficient (Wildman–Crippen LogP) is 4.71. The Hall–Kier alpha value is -3.60. The van der Waals surface area contributed by atoms with Crippen LogP contribution in [0.15, 0.2) is 30.3 Å². The maximum Gasteiger partial charge on any atom is 0.408 e. The second-order valence-electron chi connectivity index (χ2n) is 10.3. The van der Waals surface area contributed by atoms with Gasteiger partial charge in [0.2, 0.25) is 0 Å². The molecule has 1 aliphatic carbocycles. The van der Waals surface area contributed by atoms with Gasteiger partial charge in [0.05, 0.1) is 5.56 Å². The number of primary amides is 2. The van der Waals surface area contributed by atoms with Crippen LogP contribution < -0.4 is 22.1 Å². The minimum Gasteiger partial charge on any atom is -0.461 e. The van der Waals surface area contributed by atoms with Crippen molar-refractivity contribution in [3.63, 3.8) is 0 Å². The van der Waals surface area contributed by atoms with Crippen molar-refractivity contribution in [3.8, 4) is 10.4 Å². The predicted molar refractivity (Wildman–Crippen MR) is 146 cm³/mol. The number of benzene rings is 1. The molecule has 4 amide bonds. The molecule has 1 aromatic carbocycles. The van der Waals surface area contributed by atoms with E-state index in [2.05, 4.69) is 10.6 Å². The van der Waals surface area contributed by atoms with Gasteiger partial charge in [0.15, 0.2) is 0 Å². The molecule has 0 bridgehead atoms. The number of anilines is 1. The zero-order valence-electron chi connectivity index (χ0n) is 22.0. The molecule has 1 fully saturated rings. The summed E-state index contributed by atoms with van der Waals surface area (Å²) in [7, 11) is 0. The quantitative estimate of drug-likeness (QED) is 0.317. The number of urea groups is 1. The van der Waals surface area contributed by atoms with Crippen molar-refractivity contribution in [3.05, 3.63) is 41.5 Å². The highest BCUT2D eigenvalue weighted by molar-refractivity contribution is 7.20. The molecular weight excluding hydrogens is 508 g/mol. The highest BCUT2D eigenvalue weighted by atomic mass is 32.1. The second kappa shape index (κ2) is 12.8. The second-order valence-corrected chi connectivity index (χ2v) is 11.4. The van der Waals surface area contributed by atoms with E-state index in [9.17, 15) is 19.2 Å². The van der Waals surface area contributed by atoms with Gasteiger partial charge < -0.3 is 26.3 Å². The van der Waals surface area contributed by atoms with Crippen molar-refractivity contribution in [1.29, 1.82) is 0 Å². The largest absolute Gasteiger partial charge is 0.461 e. The lowest BCUT2D eigenvalue weighted by molar-refractivity contribution is -0.151. The van der Waals surface area contributed by atoms with Crippen molar-refractivity contribution >= 4 is 40.3 Å². The molecule has 1 saturated carbocycles. The smallest absolute Gasteiger partial charge is 0.408 e. The first-order chi connectivity index (χ1) is 17.9. The average Bonchev–Trinajstić information content (AvgIpc) is 3.47. The van der Waals surface area contributed by atoms with Gasteiger partial charge in [-0.15, -0.1) is 11.3 Å². The van der Waals surface area contributed by atoms with Crippen molar-refractivity contribution in [2.75, 3.05) is 5.32 Å². The molecule has 0 saturated heterocycles. The number of carbonyl (C=O) groups excluding carboxylic acids is 4. The molecule has 10 nitrogen and oxygen atoms in total. The monoisotopic (exact) mass is 544 g/mol. The van der Waals surface area contributed by atoms with E-state index in [4.69, 9.17) is 20.9 Å². The number of nitrogens with one attached hydrogen (secondary N) is 2. The van der Waals surface area contributed by atoms with Gasteiger partial charge in [-0.05, 0) is 82.9 Å². The average molecular weight is 545 g/mol. The van der Waals surface area contributed by atoms with E-state index in [1.54, 1.807) is 26.8 Å². The summed E-state index contributed by atoms with van der Waals surface area (Å²) in [4.78, 5) is 48.9. The van der Waals surface area contributed by atoms with E-state index in [0.29, 0.717) is 24.3 Å². The van der Waals surface area contributed by atoms with Gasteiger partial charge in [-0.25, -0.2) is 14.4 Å². The van der Waals surface area contributed by atoms with Gasteiger partial charge in [0, 0.05) is 4.88 Å². The first kappa shape index (κ1) is 29.0. The molecule has 38 heavy (non-hydrogen) atoms. The Morgan fingerprint density at radius 1 is 1.08 bits per heavy atom. The van der Waals surface area contributed by atoms with E-state index in [1.807, 2.05) is 24.3 Å². The van der Waals surface area contributed by atoms with Crippen LogP contribution in [-0.2, 0) is 20.7 Å². The van der Waals surface area contributed by atoms with Gasteiger partial charge >= 0.3 is 18.1 Å². The normalized spacial score (nSPS) is 14.5. The molecule has 0 spiro atoms. The Balaban J connectivity index is 1.62. The number of carbonyl (C=O) groups is 4. The topological polar surface area (TPSA) is 163 Å². The van der Waals surface area contributed by atoms with Crippen LogP contribution in [0.1, 0.15) is 75.2 Å². The summed E-state index contributed by atoms with van der Waals surface area (Å²) in [6, 6.07) is 7.77. The van der Waals surface area contributed by atoms with Gasteiger partial charge in [-0.2, -0.15) is 0 Å². The molecule has 11 heteroatoms. The minimum atomic E-state index is -0.792. The molecule has 206 valence electrons. The standard InChI is InChI=1S/C27H36N4O6S/c1-27(2,3)37-26(35)30-20(24(33)36-18-8-4-5-9-18)10-6-7-16-11-13-17(14-12-16)21-15-19(22(28)32)23(38-21)31-25(29)34/h11-15,18,20H,4-10H2,1-3H3,(H2,28,32)(H,30,35)(H3,29,31,34)/t20-/m0/s1. The minimum absolute atomic E-state index is 0.0935. The third-order valence-corrected chi connectivity index (χ3v) is 7.09. The molecule has 1 aliphatic rings. The fraction of sp³-hybridized carbons (Fsp3) is 0.481. The Bertz CT molecular complexity index is 1150. The fourth-order valence-corrected chi connectivity index (χ4v) is 5.29. The Labute approximate surface area is 226 Å². The lowest BCUT2D eigenvalue weighted by Crippen LogP contribution is -2.45. The number of hydrogen-bond donors (Lipinski definition) is 4. The lowest BCUT2D eigenvalue weighted by atomic mass is 10.0. The Morgan fingerprint density at radius 2 is 1.74 bits per heavy atom. The van der Waals surface area contributed by atoms with Crippen LogP contribution in [0.5, 0.6) is 0 Å². The summed E-state index contributed by atoms with van der Waals surface area (Å²) < 4.78 is 11.0. The zero-order valence-corrected chi connectivity index (χ0v) is 22.8. The Morgan fingerprint density at radius 3 is 2.32 bits per heavy atom. The molecule has 1 aromatic heterocycles. The zero-order chi connectivity index (χ0) is 27.9. The number of thiophene rings is 1. The molecule has 3 rings (SSSR count). The summed E-state index contributed by atoms with van der Waals surface area (Å²) >= 11 is 1.21. The Kier molecular flexibility index (Phi) is 9.73. The van der Waals surface area contributed by atoms with Crippen LogP contribution in [0.4, 0.5) is 14.6 Å². The molecule has 2 aromatic rings. The highest BCUT2D eigenvalue weighted by Crippen LogP contribution is 2.35. The lowest BCUT2D eigenvalue weighted by Gasteiger charge is -2.24. The maximum absolute atomic E-state index is 12.8. The number of nitrogens with two attached hydrogens (primary N) is 2. The number of aryl methyl sites for hydroxylation is 1. The summed E-state index contributed by atoms with van der Waals surface area (Å²) in [5, 5.41) is 5.42. The third kappa shape index (κ3) is 8.76. The first-order valence-corrected chi connectivity index (χ1v) is 13.5. The van der Waals surface area contributed by atoms with E-state index in [-0.39, 0.29) is 11.7 Å². The van der Waals surface area contributed by atoms with E-state index >= 15 is 0 Å². The molecular formula is C27H36N4O6S.